The van der Waals surface area contributed by atoms with E-state index in [2.05, 4.69) is 5.10 Å². The Bertz CT molecular complexity index is 658. The van der Waals surface area contributed by atoms with Gasteiger partial charge < -0.3 is 5.73 Å². The first-order chi connectivity index (χ1) is 8.71. The van der Waals surface area contributed by atoms with Gasteiger partial charge in [0.2, 0.25) is 0 Å². The van der Waals surface area contributed by atoms with Crippen molar-refractivity contribution >= 4 is 17.6 Å². The lowest BCUT2D eigenvalue weighted by atomic mass is 10.2. The molecule has 2 rings (SSSR count). The smallest absolute Gasteiger partial charge is 0.146 e. The minimum Gasteiger partial charge on any atom is -0.382 e. The first-order valence-corrected chi connectivity index (χ1v) is 6.27. The number of thioether (sulfide) groups is 1. The molecule has 18 heavy (non-hydrogen) atoms. The minimum atomic E-state index is 0.312. The van der Waals surface area contributed by atoms with Gasteiger partial charge in [-0.15, -0.1) is 11.8 Å². The lowest BCUT2D eigenvalue weighted by molar-refractivity contribution is 0.846. The van der Waals surface area contributed by atoms with Crippen molar-refractivity contribution in [1.82, 2.24) is 9.78 Å². The maximum Gasteiger partial charge on any atom is 0.146 e. The zero-order chi connectivity index (χ0) is 13.1. The average molecular weight is 255 g/mol. The van der Waals surface area contributed by atoms with E-state index < -0.39 is 0 Å². The number of nitriles is 2. The number of nitrogen functional groups attached to an aromatic ring is 1. The number of hydrogen-bond donors (Lipinski definition) is 1. The van der Waals surface area contributed by atoms with Gasteiger partial charge in [0.1, 0.15) is 22.5 Å². The highest BCUT2D eigenvalue weighted by Gasteiger charge is 2.15. The second kappa shape index (κ2) is 4.82. The predicted octanol–water partition coefficient (Wildman–Crippen LogP) is 1.92. The summed E-state index contributed by atoms with van der Waals surface area (Å²) in [5, 5.41) is 22.6. The summed E-state index contributed by atoms with van der Waals surface area (Å²) in [5.41, 5.74) is 7.56. The zero-order valence-corrected chi connectivity index (χ0v) is 10.4. The third-order valence-corrected chi connectivity index (χ3v) is 3.11. The maximum absolute atomic E-state index is 9.03. The number of anilines is 1. The molecule has 0 atom stereocenters. The van der Waals surface area contributed by atoms with Crippen molar-refractivity contribution in [3.63, 3.8) is 0 Å². The van der Waals surface area contributed by atoms with Gasteiger partial charge in [-0.2, -0.15) is 15.6 Å². The molecule has 0 aliphatic carbocycles. The fourth-order valence-electron chi connectivity index (χ4n) is 1.53. The Morgan fingerprint density at radius 1 is 1.22 bits per heavy atom. The largest absolute Gasteiger partial charge is 0.382 e. The van der Waals surface area contributed by atoms with Crippen molar-refractivity contribution in [2.24, 2.45) is 0 Å². The van der Waals surface area contributed by atoms with E-state index in [0.29, 0.717) is 22.0 Å². The van der Waals surface area contributed by atoms with Crippen LogP contribution in [-0.2, 0) is 0 Å². The SMILES string of the molecule is CSc1nn(-c2ccc(C#N)cc2)c(N)c1C#N. The van der Waals surface area contributed by atoms with Crippen LogP contribution in [0.25, 0.3) is 5.69 Å². The molecular formula is C12H9N5S. The second-order valence-electron chi connectivity index (χ2n) is 3.45. The van der Waals surface area contributed by atoms with Gasteiger partial charge in [0.05, 0.1) is 17.3 Å². The van der Waals surface area contributed by atoms with Gasteiger partial charge in [-0.1, -0.05) is 0 Å². The van der Waals surface area contributed by atoms with Crippen molar-refractivity contribution in [1.29, 1.82) is 10.5 Å². The summed E-state index contributed by atoms with van der Waals surface area (Å²) in [6.45, 7) is 0. The van der Waals surface area contributed by atoms with Gasteiger partial charge in [-0.05, 0) is 30.5 Å². The molecule has 0 aliphatic heterocycles. The zero-order valence-electron chi connectivity index (χ0n) is 9.58. The lowest BCUT2D eigenvalue weighted by Gasteiger charge is -2.03. The molecule has 2 aromatic rings. The summed E-state index contributed by atoms with van der Waals surface area (Å²) in [7, 11) is 0. The summed E-state index contributed by atoms with van der Waals surface area (Å²) in [5.74, 6) is 0.312. The van der Waals surface area contributed by atoms with Crippen LogP contribution in [-0.4, -0.2) is 16.0 Å². The van der Waals surface area contributed by atoms with Gasteiger partial charge in [0.25, 0.3) is 0 Å². The van der Waals surface area contributed by atoms with Crippen LogP contribution in [0.15, 0.2) is 29.3 Å². The second-order valence-corrected chi connectivity index (χ2v) is 4.25. The standard InChI is InChI=1S/C12H9N5S/c1-18-12-10(7-14)11(15)17(16-12)9-4-2-8(6-13)3-5-9/h2-5H,15H2,1H3. The maximum atomic E-state index is 9.03. The van der Waals surface area contributed by atoms with Crippen molar-refractivity contribution in [2.75, 3.05) is 12.0 Å². The predicted molar refractivity (Wildman–Crippen MR) is 69.2 cm³/mol. The summed E-state index contributed by atoms with van der Waals surface area (Å²) in [6.07, 6.45) is 1.84. The van der Waals surface area contributed by atoms with Gasteiger partial charge >= 0.3 is 0 Å². The van der Waals surface area contributed by atoms with Crippen LogP contribution in [0.4, 0.5) is 5.82 Å². The number of benzene rings is 1. The van der Waals surface area contributed by atoms with Crippen LogP contribution in [0, 0.1) is 22.7 Å². The number of nitrogens with two attached hydrogens (primary N) is 1. The van der Waals surface area contributed by atoms with Crippen LogP contribution in [0.1, 0.15) is 11.1 Å². The molecule has 0 saturated heterocycles. The van der Waals surface area contributed by atoms with Crippen LogP contribution in [0.5, 0.6) is 0 Å². The van der Waals surface area contributed by atoms with E-state index in [-0.39, 0.29) is 0 Å². The molecule has 0 saturated carbocycles. The topological polar surface area (TPSA) is 91.4 Å². The van der Waals surface area contributed by atoms with E-state index in [0.717, 1.165) is 5.69 Å². The summed E-state index contributed by atoms with van der Waals surface area (Å²) >= 11 is 1.37. The minimum absolute atomic E-state index is 0.312. The quantitative estimate of drug-likeness (QED) is 0.828. The van der Waals surface area contributed by atoms with Crippen LogP contribution < -0.4 is 5.73 Å². The van der Waals surface area contributed by atoms with E-state index in [9.17, 15) is 0 Å². The van der Waals surface area contributed by atoms with Crippen molar-refractivity contribution in [3.05, 3.63) is 35.4 Å². The highest BCUT2D eigenvalue weighted by molar-refractivity contribution is 7.98. The molecule has 0 bridgehead atoms. The number of nitrogens with zero attached hydrogens (tertiary/aromatic N) is 4. The molecule has 1 aromatic heterocycles. The molecule has 5 nitrogen and oxygen atoms in total. The molecule has 1 heterocycles. The van der Waals surface area contributed by atoms with Gasteiger partial charge in [-0.25, -0.2) is 4.68 Å². The lowest BCUT2D eigenvalue weighted by Crippen LogP contribution is -2.02. The molecule has 0 spiro atoms. The van der Waals surface area contributed by atoms with Crippen molar-refractivity contribution in [2.45, 2.75) is 5.03 Å². The molecular weight excluding hydrogens is 246 g/mol. The monoisotopic (exact) mass is 255 g/mol. The Morgan fingerprint density at radius 2 is 1.89 bits per heavy atom. The highest BCUT2D eigenvalue weighted by atomic mass is 32.2. The Kier molecular flexibility index (Phi) is 3.22. The first kappa shape index (κ1) is 12.0. The van der Waals surface area contributed by atoms with Gasteiger partial charge in [0, 0.05) is 0 Å². The highest BCUT2D eigenvalue weighted by Crippen LogP contribution is 2.26. The summed E-state index contributed by atoms with van der Waals surface area (Å²) < 4.78 is 1.51. The molecule has 0 unspecified atom stereocenters. The third kappa shape index (κ3) is 1.90. The fourth-order valence-corrected chi connectivity index (χ4v) is 2.05. The summed E-state index contributed by atoms with van der Waals surface area (Å²) in [4.78, 5) is 0. The Balaban J connectivity index is 2.55. The molecule has 1 aromatic carbocycles. The van der Waals surface area contributed by atoms with Crippen molar-refractivity contribution in [3.8, 4) is 17.8 Å². The van der Waals surface area contributed by atoms with E-state index in [1.54, 1.807) is 24.3 Å². The Labute approximate surface area is 108 Å². The van der Waals surface area contributed by atoms with Gasteiger partial charge in [0.15, 0.2) is 0 Å². The van der Waals surface area contributed by atoms with Crippen LogP contribution in [0.3, 0.4) is 0 Å². The van der Waals surface area contributed by atoms with Crippen molar-refractivity contribution < 1.29 is 0 Å². The van der Waals surface area contributed by atoms with E-state index in [1.165, 1.54) is 16.4 Å². The third-order valence-electron chi connectivity index (χ3n) is 2.44. The molecule has 6 heteroatoms. The van der Waals surface area contributed by atoms with E-state index >= 15 is 0 Å². The van der Waals surface area contributed by atoms with E-state index in [1.807, 2.05) is 18.4 Å². The molecule has 2 N–H and O–H groups in total. The Hall–Kier alpha value is -2.44. The normalized spacial score (nSPS) is 9.72. The first-order valence-electron chi connectivity index (χ1n) is 5.04. The molecule has 0 radical (unpaired) electrons. The molecule has 0 aliphatic rings. The molecule has 0 amide bonds. The number of aromatic nitrogens is 2. The van der Waals surface area contributed by atoms with Gasteiger partial charge in [-0.3, -0.25) is 0 Å². The van der Waals surface area contributed by atoms with Crippen LogP contribution in [0.2, 0.25) is 0 Å². The Morgan fingerprint density at radius 3 is 2.33 bits per heavy atom. The average Bonchev–Trinajstić information content (AvgIpc) is 2.75. The van der Waals surface area contributed by atoms with E-state index in [4.69, 9.17) is 16.3 Å². The number of rotatable bonds is 2. The molecule has 0 fully saturated rings. The van der Waals surface area contributed by atoms with Crippen LogP contribution >= 0.6 is 11.8 Å². The summed E-state index contributed by atoms with van der Waals surface area (Å²) in [6, 6.07) is 10.9. The number of hydrogen-bond acceptors (Lipinski definition) is 5. The molecule has 88 valence electrons. The fraction of sp³-hybridized carbons (Fsp3) is 0.0833.